The zero-order valence-corrected chi connectivity index (χ0v) is 9.02. The average Bonchev–Trinajstić information content (AvgIpc) is 2.89. The molecule has 0 aliphatic heterocycles. The van der Waals surface area contributed by atoms with Crippen LogP contribution in [0.25, 0.3) is 0 Å². The predicted octanol–water partition coefficient (Wildman–Crippen LogP) is 3.79. The second kappa shape index (κ2) is 3.84. The van der Waals surface area contributed by atoms with Gasteiger partial charge in [0.1, 0.15) is 0 Å². The average molecular weight is 197 g/mol. The summed E-state index contributed by atoms with van der Waals surface area (Å²) in [6, 6.07) is 10.9. The molecule has 0 amide bonds. The van der Waals surface area contributed by atoms with Gasteiger partial charge in [0, 0.05) is 0 Å². The van der Waals surface area contributed by atoms with Gasteiger partial charge in [-0.05, 0) is 49.0 Å². The van der Waals surface area contributed by atoms with Crippen LogP contribution in [0.5, 0.6) is 0 Å². The first-order valence-corrected chi connectivity index (χ1v) is 5.98. The molecule has 0 saturated heterocycles. The highest BCUT2D eigenvalue weighted by molar-refractivity contribution is 5.23. The van der Waals surface area contributed by atoms with Crippen molar-refractivity contribution in [2.24, 2.45) is 11.8 Å². The fourth-order valence-electron chi connectivity index (χ4n) is 2.95. The zero-order valence-electron chi connectivity index (χ0n) is 9.02. The van der Waals surface area contributed by atoms with E-state index in [4.69, 9.17) is 0 Å². The lowest BCUT2D eigenvalue weighted by Gasteiger charge is -2.16. The maximum atomic E-state index is 2.43. The van der Waals surface area contributed by atoms with Gasteiger partial charge in [-0.25, -0.2) is 0 Å². The number of aryl methyl sites for hydroxylation is 1. The Balaban J connectivity index is 1.57. The van der Waals surface area contributed by atoms with E-state index in [-0.39, 0.29) is 0 Å². The Morgan fingerprint density at radius 1 is 1.00 bits per heavy atom. The number of hydrogen-bond acceptors (Lipinski definition) is 0. The second-order valence-electron chi connectivity index (χ2n) is 4.84. The van der Waals surface area contributed by atoms with Crippen molar-refractivity contribution in [2.45, 2.75) is 25.7 Å². The third kappa shape index (κ3) is 1.86. The smallest absolute Gasteiger partial charge is 0.0163 e. The number of benzene rings is 1. The van der Waals surface area contributed by atoms with Crippen molar-refractivity contribution >= 4 is 0 Å². The van der Waals surface area contributed by atoms with Crippen LogP contribution in [0, 0.1) is 17.8 Å². The monoisotopic (exact) mass is 197 g/mol. The van der Waals surface area contributed by atoms with E-state index in [2.05, 4.69) is 42.5 Å². The van der Waals surface area contributed by atoms with Crippen molar-refractivity contribution in [3.8, 4) is 0 Å². The van der Waals surface area contributed by atoms with Gasteiger partial charge in [-0.15, -0.1) is 0 Å². The molecule has 2 bridgehead atoms. The van der Waals surface area contributed by atoms with Crippen LogP contribution in [0.1, 0.15) is 24.8 Å². The van der Waals surface area contributed by atoms with Crippen LogP contribution < -0.4 is 0 Å². The van der Waals surface area contributed by atoms with E-state index in [0.29, 0.717) is 0 Å². The van der Waals surface area contributed by atoms with Gasteiger partial charge in [0.25, 0.3) is 0 Å². The van der Waals surface area contributed by atoms with Crippen molar-refractivity contribution in [2.75, 3.05) is 0 Å². The summed E-state index contributed by atoms with van der Waals surface area (Å²) in [5.41, 5.74) is 1.48. The minimum absolute atomic E-state index is 0.832. The quantitative estimate of drug-likeness (QED) is 0.647. The van der Waals surface area contributed by atoms with Crippen LogP contribution in [0.3, 0.4) is 0 Å². The fourth-order valence-corrected chi connectivity index (χ4v) is 2.95. The van der Waals surface area contributed by atoms with Gasteiger partial charge in [-0.2, -0.15) is 0 Å². The first-order valence-electron chi connectivity index (χ1n) is 5.98. The van der Waals surface area contributed by atoms with Gasteiger partial charge < -0.3 is 0 Å². The maximum absolute atomic E-state index is 2.43. The van der Waals surface area contributed by atoms with Crippen molar-refractivity contribution in [1.29, 1.82) is 0 Å². The van der Waals surface area contributed by atoms with E-state index in [9.17, 15) is 0 Å². The Bertz CT molecular complexity index is 350. The van der Waals surface area contributed by atoms with Gasteiger partial charge in [-0.1, -0.05) is 42.5 Å². The Hall–Kier alpha value is -1.04. The lowest BCUT2D eigenvalue weighted by Crippen LogP contribution is -2.05. The van der Waals surface area contributed by atoms with Crippen molar-refractivity contribution in [1.82, 2.24) is 0 Å². The molecular weight excluding hydrogens is 180 g/mol. The lowest BCUT2D eigenvalue weighted by molar-refractivity contribution is 0.656. The molecule has 2 atom stereocenters. The highest BCUT2D eigenvalue weighted by Crippen LogP contribution is 2.46. The van der Waals surface area contributed by atoms with E-state index < -0.39 is 0 Å². The van der Waals surface area contributed by atoms with Gasteiger partial charge in [0.2, 0.25) is 0 Å². The molecule has 1 aromatic rings. The molecule has 1 radical (unpaired) electrons. The summed E-state index contributed by atoms with van der Waals surface area (Å²) in [6.07, 6.45) is 10.1. The molecule has 1 saturated carbocycles. The molecule has 2 aliphatic carbocycles. The molecule has 0 N–H and O–H groups in total. The highest BCUT2D eigenvalue weighted by atomic mass is 14.4. The van der Waals surface area contributed by atoms with Crippen LogP contribution in [0.2, 0.25) is 0 Å². The largest absolute Gasteiger partial charge is 0.0851 e. The normalized spacial score (nSPS) is 28.8. The Kier molecular flexibility index (Phi) is 2.36. The van der Waals surface area contributed by atoms with Crippen molar-refractivity contribution < 1.29 is 0 Å². The SMILES string of the molecule is C1=CC2CC1C[C]2CCc1ccccc1. The summed E-state index contributed by atoms with van der Waals surface area (Å²) in [4.78, 5) is 0. The fraction of sp³-hybridized carbons (Fsp3) is 0.400. The molecular formula is C15H17. The second-order valence-corrected chi connectivity index (χ2v) is 4.84. The summed E-state index contributed by atoms with van der Waals surface area (Å²) >= 11 is 0. The predicted molar refractivity (Wildman–Crippen MR) is 63.4 cm³/mol. The maximum Gasteiger partial charge on any atom is -0.0163 e. The molecule has 2 unspecified atom stereocenters. The molecule has 1 fully saturated rings. The van der Waals surface area contributed by atoms with Gasteiger partial charge in [0.05, 0.1) is 0 Å². The Labute approximate surface area is 92.0 Å². The van der Waals surface area contributed by atoms with E-state index in [1.165, 1.54) is 31.2 Å². The van der Waals surface area contributed by atoms with E-state index in [0.717, 1.165) is 11.8 Å². The summed E-state index contributed by atoms with van der Waals surface area (Å²) < 4.78 is 0. The topological polar surface area (TPSA) is 0 Å². The molecule has 0 spiro atoms. The molecule has 1 aromatic carbocycles. The zero-order chi connectivity index (χ0) is 10.1. The van der Waals surface area contributed by atoms with E-state index >= 15 is 0 Å². The number of fused-ring (bicyclic) bond motifs is 2. The Morgan fingerprint density at radius 2 is 1.87 bits per heavy atom. The van der Waals surface area contributed by atoms with Gasteiger partial charge in [-0.3, -0.25) is 0 Å². The van der Waals surface area contributed by atoms with Crippen LogP contribution in [0.4, 0.5) is 0 Å². The third-order valence-electron chi connectivity index (χ3n) is 3.80. The molecule has 77 valence electrons. The van der Waals surface area contributed by atoms with Crippen molar-refractivity contribution in [3.05, 3.63) is 54.0 Å². The standard InChI is InChI=1S/C15H17/c1-2-4-12(5-3-1)6-8-14-10-13-7-9-15(14)11-13/h1-5,7,9,13,15H,6,8,10-11H2. The molecule has 0 aromatic heterocycles. The number of allylic oxidation sites excluding steroid dienone is 2. The molecule has 0 heteroatoms. The minimum Gasteiger partial charge on any atom is -0.0851 e. The van der Waals surface area contributed by atoms with Gasteiger partial charge in [0.15, 0.2) is 0 Å². The summed E-state index contributed by atoms with van der Waals surface area (Å²) in [6.45, 7) is 0. The van der Waals surface area contributed by atoms with E-state index in [1.54, 1.807) is 5.92 Å². The summed E-state index contributed by atoms with van der Waals surface area (Å²) in [7, 11) is 0. The molecule has 0 nitrogen and oxygen atoms in total. The minimum atomic E-state index is 0.832. The first-order chi connectivity index (χ1) is 7.42. The molecule has 0 heterocycles. The van der Waals surface area contributed by atoms with Crippen LogP contribution >= 0.6 is 0 Å². The van der Waals surface area contributed by atoms with Crippen LogP contribution in [0.15, 0.2) is 42.5 Å². The highest BCUT2D eigenvalue weighted by Gasteiger charge is 2.35. The summed E-state index contributed by atoms with van der Waals surface area (Å²) in [5, 5.41) is 0. The van der Waals surface area contributed by atoms with E-state index in [1.807, 2.05) is 0 Å². The van der Waals surface area contributed by atoms with Crippen molar-refractivity contribution in [3.63, 3.8) is 0 Å². The molecule has 15 heavy (non-hydrogen) atoms. The number of hydrogen-bond donors (Lipinski definition) is 0. The molecule has 3 rings (SSSR count). The summed E-state index contributed by atoms with van der Waals surface area (Å²) in [5.74, 6) is 3.52. The van der Waals surface area contributed by atoms with Crippen LogP contribution in [-0.2, 0) is 6.42 Å². The Morgan fingerprint density at radius 3 is 2.53 bits per heavy atom. The first kappa shape index (κ1) is 9.21. The molecule has 2 aliphatic rings. The lowest BCUT2D eigenvalue weighted by atomic mass is 9.88. The van der Waals surface area contributed by atoms with Crippen LogP contribution in [-0.4, -0.2) is 0 Å². The number of rotatable bonds is 3. The van der Waals surface area contributed by atoms with Gasteiger partial charge >= 0.3 is 0 Å². The third-order valence-corrected chi connectivity index (χ3v) is 3.80.